The summed E-state index contributed by atoms with van der Waals surface area (Å²) in [6, 6.07) is 0.124. The first kappa shape index (κ1) is 12.3. The monoisotopic (exact) mass is 212 g/mol. The van der Waals surface area contributed by atoms with Crippen molar-refractivity contribution in [2.75, 3.05) is 19.6 Å². The molecule has 1 saturated heterocycles. The minimum atomic E-state index is 0.124. The molecule has 0 bridgehead atoms. The first-order valence-electron chi connectivity index (χ1n) is 6.18. The van der Waals surface area contributed by atoms with Crippen LogP contribution >= 0.6 is 0 Å². The number of carbonyl (C=O) groups is 1. The summed E-state index contributed by atoms with van der Waals surface area (Å²) in [6.45, 7) is 9.28. The molecule has 15 heavy (non-hydrogen) atoms. The average Bonchev–Trinajstić information content (AvgIpc) is 2.26. The van der Waals surface area contributed by atoms with Gasteiger partial charge >= 0.3 is 6.03 Å². The van der Waals surface area contributed by atoms with E-state index in [0.29, 0.717) is 0 Å². The average molecular weight is 212 g/mol. The number of nitrogens with zero attached hydrogens (tertiary/aromatic N) is 1. The van der Waals surface area contributed by atoms with Gasteiger partial charge in [0.25, 0.3) is 0 Å². The van der Waals surface area contributed by atoms with Crippen LogP contribution in [0.25, 0.3) is 0 Å². The molecule has 3 heteroatoms. The Morgan fingerprint density at radius 1 is 1.40 bits per heavy atom. The van der Waals surface area contributed by atoms with Gasteiger partial charge in [-0.15, -0.1) is 0 Å². The molecule has 0 saturated carbocycles. The molecule has 1 aliphatic heterocycles. The number of rotatable bonds is 3. The Kier molecular flexibility index (Phi) is 4.92. The molecule has 0 aliphatic carbocycles. The fraction of sp³-hybridized carbons (Fsp3) is 0.917. The highest BCUT2D eigenvalue weighted by molar-refractivity contribution is 5.74. The predicted octanol–water partition coefficient (Wildman–Crippen LogP) is 2.47. The molecule has 0 unspecified atom stereocenters. The topological polar surface area (TPSA) is 32.3 Å². The molecule has 0 aromatic rings. The SMILES string of the molecule is CCCNC(=O)N1CCC(C(C)C)CC1. The lowest BCUT2D eigenvalue weighted by molar-refractivity contribution is 0.157. The second-order valence-corrected chi connectivity index (χ2v) is 4.80. The van der Waals surface area contributed by atoms with Gasteiger partial charge in [-0.25, -0.2) is 4.79 Å². The summed E-state index contributed by atoms with van der Waals surface area (Å²) in [7, 11) is 0. The van der Waals surface area contributed by atoms with E-state index in [1.54, 1.807) is 0 Å². The predicted molar refractivity (Wildman–Crippen MR) is 62.8 cm³/mol. The summed E-state index contributed by atoms with van der Waals surface area (Å²) in [5, 5.41) is 2.93. The maximum atomic E-state index is 11.6. The van der Waals surface area contributed by atoms with Gasteiger partial charge in [-0.3, -0.25) is 0 Å². The van der Waals surface area contributed by atoms with E-state index < -0.39 is 0 Å². The molecule has 1 heterocycles. The number of carbonyl (C=O) groups excluding carboxylic acids is 1. The second-order valence-electron chi connectivity index (χ2n) is 4.80. The molecule has 0 aromatic carbocycles. The smallest absolute Gasteiger partial charge is 0.317 e. The molecule has 1 aliphatic rings. The van der Waals surface area contributed by atoms with E-state index >= 15 is 0 Å². The van der Waals surface area contributed by atoms with Crippen LogP contribution in [0.5, 0.6) is 0 Å². The van der Waals surface area contributed by atoms with Gasteiger partial charge in [-0.2, -0.15) is 0 Å². The molecular formula is C12H24N2O. The third kappa shape index (κ3) is 3.73. The normalized spacial score (nSPS) is 18.3. The first-order valence-corrected chi connectivity index (χ1v) is 6.18. The van der Waals surface area contributed by atoms with E-state index in [1.165, 1.54) is 0 Å². The van der Waals surface area contributed by atoms with Crippen molar-refractivity contribution < 1.29 is 4.79 Å². The van der Waals surface area contributed by atoms with Crippen molar-refractivity contribution in [1.29, 1.82) is 0 Å². The Morgan fingerprint density at radius 2 is 2.00 bits per heavy atom. The number of hydrogen-bond donors (Lipinski definition) is 1. The van der Waals surface area contributed by atoms with Crippen LogP contribution in [-0.4, -0.2) is 30.6 Å². The van der Waals surface area contributed by atoms with Crippen LogP contribution in [0.2, 0.25) is 0 Å². The van der Waals surface area contributed by atoms with Crippen molar-refractivity contribution in [2.45, 2.75) is 40.0 Å². The summed E-state index contributed by atoms with van der Waals surface area (Å²) in [6.07, 6.45) is 3.34. The lowest BCUT2D eigenvalue weighted by atomic mass is 9.87. The minimum Gasteiger partial charge on any atom is -0.338 e. The third-order valence-electron chi connectivity index (χ3n) is 3.30. The fourth-order valence-corrected chi connectivity index (χ4v) is 2.11. The van der Waals surface area contributed by atoms with Gasteiger partial charge < -0.3 is 10.2 Å². The van der Waals surface area contributed by atoms with E-state index in [1.807, 2.05) is 4.90 Å². The Labute approximate surface area is 93.2 Å². The number of nitrogens with one attached hydrogen (secondary N) is 1. The Balaban J connectivity index is 2.27. The van der Waals surface area contributed by atoms with Crippen molar-refractivity contribution in [2.24, 2.45) is 11.8 Å². The van der Waals surface area contributed by atoms with Crippen molar-refractivity contribution in [3.05, 3.63) is 0 Å². The zero-order valence-electron chi connectivity index (χ0n) is 10.3. The summed E-state index contributed by atoms with van der Waals surface area (Å²) >= 11 is 0. The van der Waals surface area contributed by atoms with Crippen LogP contribution in [0.15, 0.2) is 0 Å². The first-order chi connectivity index (χ1) is 7.15. The number of amides is 2. The van der Waals surface area contributed by atoms with Crippen molar-refractivity contribution in [3.8, 4) is 0 Å². The summed E-state index contributed by atoms with van der Waals surface area (Å²) in [5.41, 5.74) is 0. The van der Waals surface area contributed by atoms with Gasteiger partial charge in [-0.05, 0) is 31.1 Å². The molecule has 88 valence electrons. The number of hydrogen-bond acceptors (Lipinski definition) is 1. The Hall–Kier alpha value is -0.730. The van der Waals surface area contributed by atoms with Gasteiger partial charge in [0.05, 0.1) is 0 Å². The van der Waals surface area contributed by atoms with E-state index in [9.17, 15) is 4.79 Å². The molecule has 0 atom stereocenters. The van der Waals surface area contributed by atoms with Gasteiger partial charge in [0.1, 0.15) is 0 Å². The van der Waals surface area contributed by atoms with Crippen LogP contribution in [0.3, 0.4) is 0 Å². The highest BCUT2D eigenvalue weighted by Crippen LogP contribution is 2.24. The van der Waals surface area contributed by atoms with Crippen molar-refractivity contribution in [3.63, 3.8) is 0 Å². The maximum Gasteiger partial charge on any atom is 0.317 e. The minimum absolute atomic E-state index is 0.124. The maximum absolute atomic E-state index is 11.6. The standard InChI is InChI=1S/C12H24N2O/c1-4-7-13-12(15)14-8-5-11(6-9-14)10(2)3/h10-11H,4-9H2,1-3H3,(H,13,15). The molecule has 1 N–H and O–H groups in total. The number of piperidine rings is 1. The zero-order chi connectivity index (χ0) is 11.3. The Bertz CT molecular complexity index is 196. The molecule has 2 amide bonds. The van der Waals surface area contributed by atoms with Crippen LogP contribution in [0.4, 0.5) is 4.79 Å². The van der Waals surface area contributed by atoms with Gasteiger partial charge in [0.15, 0.2) is 0 Å². The van der Waals surface area contributed by atoms with E-state index in [2.05, 4.69) is 26.1 Å². The number of likely N-dealkylation sites (tertiary alicyclic amines) is 1. The lowest BCUT2D eigenvalue weighted by Gasteiger charge is -2.33. The largest absolute Gasteiger partial charge is 0.338 e. The summed E-state index contributed by atoms with van der Waals surface area (Å²) in [4.78, 5) is 13.6. The Morgan fingerprint density at radius 3 is 2.47 bits per heavy atom. The molecule has 0 radical (unpaired) electrons. The van der Waals surface area contributed by atoms with Crippen LogP contribution in [0.1, 0.15) is 40.0 Å². The molecule has 1 fully saturated rings. The molecule has 0 aromatic heterocycles. The van der Waals surface area contributed by atoms with Crippen molar-refractivity contribution >= 4 is 6.03 Å². The molecule has 3 nitrogen and oxygen atoms in total. The molecule has 0 spiro atoms. The second kappa shape index (κ2) is 5.99. The third-order valence-corrected chi connectivity index (χ3v) is 3.30. The van der Waals surface area contributed by atoms with Gasteiger partial charge in [-0.1, -0.05) is 20.8 Å². The summed E-state index contributed by atoms with van der Waals surface area (Å²) < 4.78 is 0. The van der Waals surface area contributed by atoms with E-state index in [0.717, 1.165) is 50.7 Å². The van der Waals surface area contributed by atoms with Crippen LogP contribution in [-0.2, 0) is 0 Å². The molecular weight excluding hydrogens is 188 g/mol. The fourth-order valence-electron chi connectivity index (χ4n) is 2.11. The van der Waals surface area contributed by atoms with Crippen molar-refractivity contribution in [1.82, 2.24) is 10.2 Å². The van der Waals surface area contributed by atoms with E-state index in [-0.39, 0.29) is 6.03 Å². The van der Waals surface area contributed by atoms with Crippen LogP contribution < -0.4 is 5.32 Å². The highest BCUT2D eigenvalue weighted by Gasteiger charge is 2.23. The summed E-state index contributed by atoms with van der Waals surface area (Å²) in [5.74, 6) is 1.56. The van der Waals surface area contributed by atoms with E-state index in [4.69, 9.17) is 0 Å². The van der Waals surface area contributed by atoms with Gasteiger partial charge in [0, 0.05) is 19.6 Å². The van der Waals surface area contributed by atoms with Gasteiger partial charge in [0.2, 0.25) is 0 Å². The number of urea groups is 1. The lowest BCUT2D eigenvalue weighted by Crippen LogP contribution is -2.45. The zero-order valence-corrected chi connectivity index (χ0v) is 10.3. The quantitative estimate of drug-likeness (QED) is 0.766. The molecule has 1 rings (SSSR count). The highest BCUT2D eigenvalue weighted by atomic mass is 16.2. The van der Waals surface area contributed by atoms with Crippen LogP contribution in [0, 0.1) is 11.8 Å².